The van der Waals surface area contributed by atoms with E-state index in [2.05, 4.69) is 177 Å². The summed E-state index contributed by atoms with van der Waals surface area (Å²) in [6, 6.07) is 36.8. The molecule has 6 rings (SSSR count). The van der Waals surface area contributed by atoms with Crippen molar-refractivity contribution in [1.29, 1.82) is 0 Å². The number of hydrogen-bond donors (Lipinski definition) is 1. The van der Waals surface area contributed by atoms with Gasteiger partial charge in [-0.2, -0.15) is 0 Å². The van der Waals surface area contributed by atoms with E-state index < -0.39 is 0 Å². The standard InChI is InChI=1S/C45H50N2O/c1-28(2)34-21-15-22-35(29(3)4)41(34)47-39-24-16-23-36(32-20-14-19-31(25-32)30-17-12-11-13-18-30)40(39)46-43(47)37-26-33(44(5,6)7)27-38(42(37)48)45(8,9)10/h11-29,48H,1-10H3. The fourth-order valence-corrected chi connectivity index (χ4v) is 6.82. The first-order chi connectivity index (χ1) is 22.7. The summed E-state index contributed by atoms with van der Waals surface area (Å²) in [7, 11) is 0. The van der Waals surface area contributed by atoms with E-state index in [9.17, 15) is 5.11 Å². The van der Waals surface area contributed by atoms with Crippen LogP contribution in [0.3, 0.4) is 0 Å². The molecule has 0 aliphatic rings. The van der Waals surface area contributed by atoms with Gasteiger partial charge in [0.2, 0.25) is 0 Å². The Hall–Kier alpha value is -4.63. The molecule has 0 fully saturated rings. The van der Waals surface area contributed by atoms with Crippen molar-refractivity contribution in [3.8, 4) is 45.1 Å². The minimum atomic E-state index is -0.265. The molecule has 246 valence electrons. The number of para-hydroxylation sites is 2. The van der Waals surface area contributed by atoms with Crippen LogP contribution in [0.15, 0.2) is 103 Å². The molecule has 0 spiro atoms. The first-order valence-electron chi connectivity index (χ1n) is 17.4. The average molecular weight is 635 g/mol. The molecule has 0 saturated heterocycles. The molecular weight excluding hydrogens is 585 g/mol. The molecule has 6 aromatic rings. The molecular formula is C45H50N2O. The van der Waals surface area contributed by atoms with Crippen LogP contribution in [0.1, 0.15) is 103 Å². The number of rotatable bonds is 6. The monoisotopic (exact) mass is 634 g/mol. The Morgan fingerprint density at radius 1 is 0.583 bits per heavy atom. The molecule has 0 saturated carbocycles. The minimum absolute atomic E-state index is 0.124. The fourth-order valence-electron chi connectivity index (χ4n) is 6.82. The van der Waals surface area contributed by atoms with E-state index in [1.807, 2.05) is 0 Å². The van der Waals surface area contributed by atoms with E-state index in [0.717, 1.165) is 44.8 Å². The lowest BCUT2D eigenvalue weighted by molar-refractivity contribution is 0.446. The Morgan fingerprint density at radius 3 is 1.77 bits per heavy atom. The number of hydrogen-bond acceptors (Lipinski definition) is 2. The molecule has 5 aromatic carbocycles. The minimum Gasteiger partial charge on any atom is -0.507 e. The fraction of sp³-hybridized carbons (Fsp3) is 0.311. The quantitative estimate of drug-likeness (QED) is 0.198. The van der Waals surface area contributed by atoms with Gasteiger partial charge in [-0.3, -0.25) is 4.57 Å². The third-order valence-electron chi connectivity index (χ3n) is 9.56. The third kappa shape index (κ3) is 6.07. The number of imidazole rings is 1. The number of aromatic hydroxyl groups is 1. The number of fused-ring (bicyclic) bond motifs is 1. The molecule has 3 nitrogen and oxygen atoms in total. The van der Waals surface area contributed by atoms with Gasteiger partial charge in [0.25, 0.3) is 0 Å². The van der Waals surface area contributed by atoms with Crippen LogP contribution < -0.4 is 0 Å². The molecule has 1 aromatic heterocycles. The Balaban J connectivity index is 1.76. The maximum absolute atomic E-state index is 12.2. The van der Waals surface area contributed by atoms with Gasteiger partial charge in [0.05, 0.1) is 22.3 Å². The van der Waals surface area contributed by atoms with E-state index in [4.69, 9.17) is 4.98 Å². The second-order valence-electron chi connectivity index (χ2n) is 15.9. The molecule has 48 heavy (non-hydrogen) atoms. The van der Waals surface area contributed by atoms with Gasteiger partial charge in [-0.05, 0) is 74.2 Å². The topological polar surface area (TPSA) is 38.0 Å². The molecule has 0 radical (unpaired) electrons. The van der Waals surface area contributed by atoms with Crippen molar-refractivity contribution in [2.75, 3.05) is 0 Å². The molecule has 0 aliphatic carbocycles. The number of benzene rings is 5. The van der Waals surface area contributed by atoms with Crippen LogP contribution in [0.25, 0.3) is 50.4 Å². The average Bonchev–Trinajstić information content (AvgIpc) is 3.43. The molecule has 1 N–H and O–H groups in total. The predicted molar refractivity (Wildman–Crippen MR) is 205 cm³/mol. The Labute approximate surface area is 287 Å². The van der Waals surface area contributed by atoms with Crippen molar-refractivity contribution < 1.29 is 5.11 Å². The normalized spacial score (nSPS) is 12.4. The van der Waals surface area contributed by atoms with Crippen LogP contribution in [0, 0.1) is 0 Å². The summed E-state index contributed by atoms with van der Waals surface area (Å²) in [5, 5.41) is 12.2. The Bertz CT molecular complexity index is 2070. The van der Waals surface area contributed by atoms with E-state index in [1.165, 1.54) is 27.8 Å². The second-order valence-corrected chi connectivity index (χ2v) is 15.9. The molecule has 3 heteroatoms. The lowest BCUT2D eigenvalue weighted by atomic mass is 9.79. The smallest absolute Gasteiger partial charge is 0.149 e. The van der Waals surface area contributed by atoms with Crippen molar-refractivity contribution in [2.45, 2.75) is 91.9 Å². The van der Waals surface area contributed by atoms with Crippen LogP contribution in [0.5, 0.6) is 5.75 Å². The predicted octanol–water partition coefficient (Wildman–Crippen LogP) is 12.6. The van der Waals surface area contributed by atoms with Gasteiger partial charge in [0, 0.05) is 11.1 Å². The van der Waals surface area contributed by atoms with E-state index in [1.54, 1.807) is 0 Å². The van der Waals surface area contributed by atoms with Crippen molar-refractivity contribution in [1.82, 2.24) is 9.55 Å². The zero-order chi connectivity index (χ0) is 34.5. The lowest BCUT2D eigenvalue weighted by Gasteiger charge is -2.28. The number of phenols is 1. The highest BCUT2D eigenvalue weighted by molar-refractivity contribution is 5.97. The zero-order valence-corrected chi connectivity index (χ0v) is 30.3. The zero-order valence-electron chi connectivity index (χ0n) is 30.3. The Morgan fingerprint density at radius 2 is 1.17 bits per heavy atom. The molecule has 1 heterocycles. The summed E-state index contributed by atoms with van der Waals surface area (Å²) in [5.41, 5.74) is 12.7. The van der Waals surface area contributed by atoms with Crippen LogP contribution >= 0.6 is 0 Å². The Kier molecular flexibility index (Phi) is 8.62. The highest BCUT2D eigenvalue weighted by Crippen LogP contribution is 2.46. The first kappa shape index (κ1) is 33.3. The highest BCUT2D eigenvalue weighted by Gasteiger charge is 2.30. The van der Waals surface area contributed by atoms with Crippen molar-refractivity contribution in [3.63, 3.8) is 0 Å². The maximum atomic E-state index is 12.2. The van der Waals surface area contributed by atoms with Crippen LogP contribution in [-0.4, -0.2) is 14.7 Å². The highest BCUT2D eigenvalue weighted by atomic mass is 16.3. The maximum Gasteiger partial charge on any atom is 0.149 e. The van der Waals surface area contributed by atoms with Gasteiger partial charge in [-0.25, -0.2) is 4.98 Å². The van der Waals surface area contributed by atoms with Gasteiger partial charge < -0.3 is 5.11 Å². The second kappa shape index (κ2) is 12.4. The lowest BCUT2D eigenvalue weighted by Crippen LogP contribution is -2.17. The van der Waals surface area contributed by atoms with Crippen molar-refractivity contribution >= 4 is 11.0 Å². The van der Waals surface area contributed by atoms with Crippen LogP contribution in [0.2, 0.25) is 0 Å². The summed E-state index contributed by atoms with van der Waals surface area (Å²) < 4.78 is 2.35. The third-order valence-corrected chi connectivity index (χ3v) is 9.56. The number of phenolic OH excluding ortho intramolecular Hbond substituents is 1. The largest absolute Gasteiger partial charge is 0.507 e. The summed E-state index contributed by atoms with van der Waals surface area (Å²) in [6.45, 7) is 22.3. The molecule has 0 atom stereocenters. The van der Waals surface area contributed by atoms with Gasteiger partial charge >= 0.3 is 0 Å². The van der Waals surface area contributed by atoms with Gasteiger partial charge in [0.15, 0.2) is 0 Å². The van der Waals surface area contributed by atoms with E-state index in [-0.39, 0.29) is 22.7 Å². The molecule has 0 bridgehead atoms. The SMILES string of the molecule is CC(C)c1cccc(C(C)C)c1-n1c(-c2cc(C(C)(C)C)cc(C(C)(C)C)c2O)nc2c(-c3cccc(-c4ccccc4)c3)cccc21. The molecule has 0 unspecified atom stereocenters. The summed E-state index contributed by atoms with van der Waals surface area (Å²) in [6.07, 6.45) is 0. The van der Waals surface area contributed by atoms with Crippen LogP contribution in [-0.2, 0) is 10.8 Å². The van der Waals surface area contributed by atoms with Crippen LogP contribution in [0.4, 0.5) is 0 Å². The summed E-state index contributed by atoms with van der Waals surface area (Å²) in [5.74, 6) is 1.64. The summed E-state index contributed by atoms with van der Waals surface area (Å²) in [4.78, 5) is 5.55. The number of aromatic nitrogens is 2. The van der Waals surface area contributed by atoms with Crippen molar-refractivity contribution in [2.24, 2.45) is 0 Å². The van der Waals surface area contributed by atoms with Crippen molar-refractivity contribution in [3.05, 3.63) is 125 Å². The number of nitrogens with zero attached hydrogens (tertiary/aromatic N) is 2. The first-order valence-corrected chi connectivity index (χ1v) is 17.4. The van der Waals surface area contributed by atoms with Gasteiger partial charge in [0.1, 0.15) is 11.6 Å². The van der Waals surface area contributed by atoms with Gasteiger partial charge in [-0.15, -0.1) is 0 Å². The molecule has 0 amide bonds. The van der Waals surface area contributed by atoms with E-state index in [0.29, 0.717) is 5.75 Å². The van der Waals surface area contributed by atoms with E-state index >= 15 is 0 Å². The van der Waals surface area contributed by atoms with Gasteiger partial charge in [-0.1, -0.05) is 154 Å². The molecule has 0 aliphatic heterocycles. The summed E-state index contributed by atoms with van der Waals surface area (Å²) >= 11 is 0.